The Labute approximate surface area is 342 Å². The van der Waals surface area contributed by atoms with Gasteiger partial charge in [0.2, 0.25) is 0 Å². The van der Waals surface area contributed by atoms with Gasteiger partial charge in [-0.05, 0) is 112 Å². The Hall–Kier alpha value is -7.53. The van der Waals surface area contributed by atoms with E-state index in [1.165, 1.54) is 85.0 Å². The fourth-order valence-corrected chi connectivity index (χ4v) is 10.6. The minimum absolute atomic E-state index is 0.641. The molecule has 0 aliphatic heterocycles. The molecule has 59 heavy (non-hydrogen) atoms. The molecule has 0 spiro atoms. The van der Waals surface area contributed by atoms with Crippen LogP contribution < -0.4 is 0 Å². The highest BCUT2D eigenvalue weighted by Crippen LogP contribution is 2.44. The molecule has 3 nitrogen and oxygen atoms in total. The van der Waals surface area contributed by atoms with Gasteiger partial charge in [0.05, 0.1) is 0 Å². The third-order valence-electron chi connectivity index (χ3n) is 12.2. The second-order valence-electron chi connectivity index (χ2n) is 15.5. The molecule has 0 aliphatic carbocycles. The van der Waals surface area contributed by atoms with E-state index in [1.807, 2.05) is 29.5 Å². The van der Waals surface area contributed by atoms with E-state index in [4.69, 9.17) is 15.0 Å². The lowest BCUT2D eigenvalue weighted by Crippen LogP contribution is -2.00. The van der Waals surface area contributed by atoms with Gasteiger partial charge >= 0.3 is 0 Å². The summed E-state index contributed by atoms with van der Waals surface area (Å²) in [7, 11) is 0. The average molecular weight is 766 g/mol. The van der Waals surface area contributed by atoms with Gasteiger partial charge < -0.3 is 0 Å². The number of hydrogen-bond acceptors (Lipinski definition) is 4. The average Bonchev–Trinajstić information content (AvgIpc) is 3.68. The van der Waals surface area contributed by atoms with Gasteiger partial charge in [0.15, 0.2) is 17.5 Å². The summed E-state index contributed by atoms with van der Waals surface area (Å²) in [4.78, 5) is 15.7. The Morgan fingerprint density at radius 2 is 0.729 bits per heavy atom. The molecule has 0 fully saturated rings. The summed E-state index contributed by atoms with van der Waals surface area (Å²) in [6.45, 7) is 0. The topological polar surface area (TPSA) is 38.7 Å². The monoisotopic (exact) mass is 765 g/mol. The molecule has 0 atom stereocenters. The van der Waals surface area contributed by atoms with Crippen molar-refractivity contribution in [1.82, 2.24) is 15.0 Å². The first kappa shape index (κ1) is 32.5. The lowest BCUT2D eigenvalue weighted by Gasteiger charge is -2.17. The molecule has 13 aromatic rings. The van der Waals surface area contributed by atoms with Crippen LogP contribution in [0.1, 0.15) is 0 Å². The summed E-state index contributed by atoms with van der Waals surface area (Å²) in [5.74, 6) is 1.93. The van der Waals surface area contributed by atoms with Gasteiger partial charge in [0.25, 0.3) is 0 Å². The van der Waals surface area contributed by atoms with Crippen LogP contribution >= 0.6 is 11.3 Å². The largest absolute Gasteiger partial charge is 0.208 e. The Kier molecular flexibility index (Phi) is 6.89. The van der Waals surface area contributed by atoms with Crippen molar-refractivity contribution in [2.75, 3.05) is 0 Å². The van der Waals surface area contributed by atoms with Gasteiger partial charge in [-0.1, -0.05) is 152 Å². The fraction of sp³-hybridized carbons (Fsp3) is 0. The quantitative estimate of drug-likeness (QED) is 0.168. The second-order valence-corrected chi connectivity index (χ2v) is 16.6. The zero-order valence-corrected chi connectivity index (χ0v) is 32.5. The Balaban J connectivity index is 1.07. The zero-order chi connectivity index (χ0) is 38.6. The number of aromatic nitrogens is 3. The summed E-state index contributed by atoms with van der Waals surface area (Å²) in [5.41, 5.74) is 5.13. The molecule has 4 heteroatoms. The minimum Gasteiger partial charge on any atom is -0.208 e. The second kappa shape index (κ2) is 12.5. The Morgan fingerprint density at radius 1 is 0.254 bits per heavy atom. The molecule has 0 radical (unpaired) electrons. The van der Waals surface area contributed by atoms with Gasteiger partial charge in [-0.15, -0.1) is 11.3 Å². The van der Waals surface area contributed by atoms with Gasteiger partial charge in [-0.2, -0.15) is 0 Å². The third-order valence-corrected chi connectivity index (χ3v) is 13.3. The van der Waals surface area contributed by atoms with E-state index in [1.54, 1.807) is 0 Å². The zero-order valence-electron chi connectivity index (χ0n) is 31.6. The molecule has 2 aromatic heterocycles. The van der Waals surface area contributed by atoms with E-state index in [2.05, 4.69) is 170 Å². The van der Waals surface area contributed by atoms with Crippen molar-refractivity contribution in [2.24, 2.45) is 0 Å². The summed E-state index contributed by atoms with van der Waals surface area (Å²) >= 11 is 1.84. The standard InChI is InChI=1S/C55H31N3S/c1-2-10-35(11-3-1)53-56-54(39-16-6-15-36(28-39)37-26-27-48-45(30-37)41-17-4-5-21-47(41)59-48)58-55(57-53)40-29-38-25-24-34-13-8-19-43-42-18-7-12-32-22-23-33-14-9-20-44(51(33)49(32)42)46(31-40)52(38)50(34)43/h1-31H. The maximum atomic E-state index is 5.32. The molecule has 272 valence electrons. The van der Waals surface area contributed by atoms with Crippen LogP contribution in [0, 0.1) is 0 Å². The van der Waals surface area contributed by atoms with Crippen molar-refractivity contribution in [3.8, 4) is 45.3 Å². The number of hydrogen-bond donors (Lipinski definition) is 0. The van der Waals surface area contributed by atoms with Crippen LogP contribution in [0.2, 0.25) is 0 Å². The fourth-order valence-electron chi connectivity index (χ4n) is 9.51. The minimum atomic E-state index is 0.641. The molecule has 0 amide bonds. The summed E-state index contributed by atoms with van der Waals surface area (Å²) in [6, 6.07) is 68.2. The van der Waals surface area contributed by atoms with Crippen molar-refractivity contribution in [1.29, 1.82) is 0 Å². The summed E-state index contributed by atoms with van der Waals surface area (Å²) in [6.07, 6.45) is 0. The lowest BCUT2D eigenvalue weighted by atomic mass is 9.87. The highest BCUT2D eigenvalue weighted by atomic mass is 32.1. The summed E-state index contributed by atoms with van der Waals surface area (Å²) < 4.78 is 2.60. The normalized spacial score (nSPS) is 12.1. The molecule has 0 aliphatic rings. The summed E-state index contributed by atoms with van der Waals surface area (Å²) in [5, 5.41) is 17.5. The van der Waals surface area contributed by atoms with Crippen LogP contribution in [-0.4, -0.2) is 15.0 Å². The first-order valence-electron chi connectivity index (χ1n) is 20.0. The first-order valence-corrected chi connectivity index (χ1v) is 20.8. The smallest absolute Gasteiger partial charge is 0.164 e. The first-order chi connectivity index (χ1) is 29.2. The van der Waals surface area contributed by atoms with E-state index in [-0.39, 0.29) is 0 Å². The van der Waals surface area contributed by atoms with Gasteiger partial charge in [0.1, 0.15) is 0 Å². The maximum absolute atomic E-state index is 5.32. The van der Waals surface area contributed by atoms with Crippen molar-refractivity contribution >= 4 is 96.1 Å². The molecule has 13 rings (SSSR count). The third kappa shape index (κ3) is 4.97. The van der Waals surface area contributed by atoms with Crippen LogP contribution in [0.25, 0.3) is 130 Å². The SMILES string of the molecule is c1ccc(-c2nc(-c3cccc(-c4ccc5sc6ccccc6c5c4)c3)nc(-c3cc4ccc5cccc6c7cccc8ccc9cccc(c(c3)c4c56)c9c87)n2)cc1. The Bertz CT molecular complexity index is 3840. The van der Waals surface area contributed by atoms with Gasteiger partial charge in [-0.25, -0.2) is 15.0 Å². The highest BCUT2D eigenvalue weighted by molar-refractivity contribution is 7.25. The van der Waals surface area contributed by atoms with Gasteiger partial charge in [-0.3, -0.25) is 0 Å². The molecule has 0 bridgehead atoms. The molecule has 11 aromatic carbocycles. The predicted octanol–water partition coefficient (Wildman–Crippen LogP) is 15.3. The molecular weight excluding hydrogens is 735 g/mol. The van der Waals surface area contributed by atoms with E-state index in [0.29, 0.717) is 17.5 Å². The number of thiophene rings is 1. The number of benzene rings is 10. The molecule has 0 N–H and O–H groups in total. The van der Waals surface area contributed by atoms with Crippen LogP contribution in [0.15, 0.2) is 188 Å². The molecular formula is C55H31N3S. The van der Waals surface area contributed by atoms with E-state index in [0.717, 1.165) is 27.6 Å². The van der Waals surface area contributed by atoms with Crippen LogP contribution in [0.5, 0.6) is 0 Å². The van der Waals surface area contributed by atoms with Gasteiger partial charge in [0, 0.05) is 36.9 Å². The molecule has 0 unspecified atom stereocenters. The van der Waals surface area contributed by atoms with E-state index >= 15 is 0 Å². The maximum Gasteiger partial charge on any atom is 0.164 e. The number of rotatable bonds is 4. The Morgan fingerprint density at radius 3 is 1.44 bits per heavy atom. The number of fused-ring (bicyclic) bond motifs is 5. The van der Waals surface area contributed by atoms with Crippen LogP contribution in [0.3, 0.4) is 0 Å². The highest BCUT2D eigenvalue weighted by Gasteiger charge is 2.19. The lowest BCUT2D eigenvalue weighted by molar-refractivity contribution is 1.07. The van der Waals surface area contributed by atoms with Crippen LogP contribution in [-0.2, 0) is 0 Å². The molecule has 0 saturated heterocycles. The number of nitrogens with zero attached hydrogens (tertiary/aromatic N) is 3. The van der Waals surface area contributed by atoms with Crippen molar-refractivity contribution < 1.29 is 0 Å². The van der Waals surface area contributed by atoms with E-state index in [9.17, 15) is 0 Å². The molecule has 0 saturated carbocycles. The van der Waals surface area contributed by atoms with E-state index < -0.39 is 0 Å². The predicted molar refractivity (Wildman–Crippen MR) is 251 cm³/mol. The van der Waals surface area contributed by atoms with Crippen molar-refractivity contribution in [3.05, 3.63) is 188 Å². The van der Waals surface area contributed by atoms with Crippen LogP contribution in [0.4, 0.5) is 0 Å². The van der Waals surface area contributed by atoms with Crippen molar-refractivity contribution in [2.45, 2.75) is 0 Å². The van der Waals surface area contributed by atoms with Crippen molar-refractivity contribution in [3.63, 3.8) is 0 Å². The molecule has 2 heterocycles.